The number of benzene rings is 2. The van der Waals surface area contributed by atoms with E-state index in [1.807, 2.05) is 55.5 Å². The summed E-state index contributed by atoms with van der Waals surface area (Å²) in [5.41, 5.74) is 3.65. The van der Waals surface area contributed by atoms with E-state index < -0.39 is 0 Å². The Kier molecular flexibility index (Phi) is 5.26. The summed E-state index contributed by atoms with van der Waals surface area (Å²) in [7, 11) is 0. The second-order valence-electron chi connectivity index (χ2n) is 7.95. The molecule has 0 atom stereocenters. The number of aromatic nitrogens is 3. The standard InChI is InChI=1S/C27H22FN3O2/c1-3-18-10-7-11-22(28)21(18)15-23-26-30-24(14-20-13-12-17(2)33-20)27(32)31(26)16-25(29-23)19-8-5-4-6-9-19/h3-13,16,29H,1,14-15H2,2H3. The predicted octanol–water partition coefficient (Wildman–Crippen LogP) is 5.53. The zero-order chi connectivity index (χ0) is 22.9. The van der Waals surface area contributed by atoms with E-state index in [9.17, 15) is 9.18 Å². The Morgan fingerprint density at radius 1 is 1.09 bits per heavy atom. The fraction of sp³-hybridized carbons (Fsp3) is 0.111. The molecule has 33 heavy (non-hydrogen) atoms. The summed E-state index contributed by atoms with van der Waals surface area (Å²) >= 11 is 0. The van der Waals surface area contributed by atoms with E-state index in [2.05, 4.69) is 16.5 Å². The van der Waals surface area contributed by atoms with E-state index >= 15 is 0 Å². The smallest absolute Gasteiger partial charge is 0.278 e. The highest BCUT2D eigenvalue weighted by Gasteiger charge is 2.22. The molecule has 2 aliphatic heterocycles. The van der Waals surface area contributed by atoms with Gasteiger partial charge in [0.2, 0.25) is 0 Å². The van der Waals surface area contributed by atoms with E-state index in [0.717, 1.165) is 17.0 Å². The molecule has 0 radical (unpaired) electrons. The van der Waals surface area contributed by atoms with Crippen molar-refractivity contribution in [2.45, 2.75) is 19.8 Å². The molecule has 1 aromatic heterocycles. The number of aryl methyl sites for hydroxylation is 1. The van der Waals surface area contributed by atoms with E-state index in [-0.39, 0.29) is 24.2 Å². The van der Waals surface area contributed by atoms with Crippen molar-refractivity contribution in [2.75, 3.05) is 0 Å². The van der Waals surface area contributed by atoms with Gasteiger partial charge in [-0.1, -0.05) is 55.1 Å². The number of imidazole rings is 1. The van der Waals surface area contributed by atoms with Crippen LogP contribution >= 0.6 is 0 Å². The normalized spacial score (nSPS) is 11.2. The molecular weight excluding hydrogens is 417 g/mol. The van der Waals surface area contributed by atoms with Crippen LogP contribution in [-0.4, -0.2) is 14.5 Å². The van der Waals surface area contributed by atoms with Gasteiger partial charge in [-0.05, 0) is 36.2 Å². The Hall–Kier alpha value is -4.19. The number of aromatic amines is 1. The van der Waals surface area contributed by atoms with Gasteiger partial charge >= 0.3 is 0 Å². The first-order valence-electron chi connectivity index (χ1n) is 10.7. The minimum absolute atomic E-state index is 0.219. The number of rotatable bonds is 6. The zero-order valence-electron chi connectivity index (χ0n) is 18.1. The third-order valence-electron chi connectivity index (χ3n) is 5.70. The first-order chi connectivity index (χ1) is 16.0. The monoisotopic (exact) mass is 439 g/mol. The van der Waals surface area contributed by atoms with Gasteiger partial charge < -0.3 is 9.40 Å². The van der Waals surface area contributed by atoms with Crippen LogP contribution in [0.25, 0.3) is 23.2 Å². The fourth-order valence-electron chi connectivity index (χ4n) is 4.06. The van der Waals surface area contributed by atoms with Crippen LogP contribution in [0.3, 0.4) is 0 Å². The number of furan rings is 1. The molecule has 6 heteroatoms. The molecule has 0 saturated heterocycles. The number of nitrogens with one attached hydrogen (secondary N) is 1. The molecule has 164 valence electrons. The quantitative estimate of drug-likeness (QED) is 0.378. The van der Waals surface area contributed by atoms with Crippen molar-refractivity contribution in [1.29, 1.82) is 0 Å². The lowest BCUT2D eigenvalue weighted by molar-refractivity contribution is 0.491. The van der Waals surface area contributed by atoms with Crippen molar-refractivity contribution in [1.82, 2.24) is 14.5 Å². The van der Waals surface area contributed by atoms with Gasteiger partial charge in [-0.15, -0.1) is 0 Å². The molecule has 2 aliphatic rings. The van der Waals surface area contributed by atoms with Crippen molar-refractivity contribution < 1.29 is 8.81 Å². The van der Waals surface area contributed by atoms with Crippen molar-refractivity contribution in [2.24, 2.45) is 0 Å². The minimum atomic E-state index is -0.329. The molecule has 1 N–H and O–H groups in total. The summed E-state index contributed by atoms with van der Waals surface area (Å²) in [6.45, 7) is 5.67. The molecule has 5 nitrogen and oxygen atoms in total. The fourth-order valence-corrected chi connectivity index (χ4v) is 4.06. The topological polar surface area (TPSA) is 63.8 Å². The summed E-state index contributed by atoms with van der Waals surface area (Å²) in [4.78, 5) is 21.3. The average Bonchev–Trinajstić information content (AvgIpc) is 3.38. The largest absolute Gasteiger partial charge is 0.466 e. The lowest BCUT2D eigenvalue weighted by Crippen LogP contribution is -2.18. The van der Waals surface area contributed by atoms with Gasteiger partial charge in [0, 0.05) is 18.2 Å². The predicted molar refractivity (Wildman–Crippen MR) is 126 cm³/mol. The maximum atomic E-state index is 14.8. The summed E-state index contributed by atoms with van der Waals surface area (Å²) in [6.07, 6.45) is 3.89. The molecule has 0 unspecified atom stereocenters. The van der Waals surface area contributed by atoms with Crippen LogP contribution in [0.15, 0.2) is 82.7 Å². The number of H-pyrrole nitrogens is 1. The third-order valence-corrected chi connectivity index (χ3v) is 5.70. The summed E-state index contributed by atoms with van der Waals surface area (Å²) < 4.78 is 21.9. The highest BCUT2D eigenvalue weighted by atomic mass is 19.1. The summed E-state index contributed by atoms with van der Waals surface area (Å²) in [5.74, 6) is 1.59. The van der Waals surface area contributed by atoms with Crippen molar-refractivity contribution >= 4 is 6.08 Å². The Morgan fingerprint density at radius 2 is 1.91 bits per heavy atom. The number of nitrogens with zero attached hydrogens (tertiary/aromatic N) is 2. The molecule has 0 amide bonds. The van der Waals surface area contributed by atoms with Crippen LogP contribution in [-0.2, 0) is 12.8 Å². The van der Waals surface area contributed by atoms with Gasteiger partial charge in [-0.2, -0.15) is 0 Å². The molecule has 3 aromatic rings. The number of hydrogen-bond donors (Lipinski definition) is 1. The zero-order valence-corrected chi connectivity index (χ0v) is 18.1. The van der Waals surface area contributed by atoms with Gasteiger partial charge in [0.15, 0.2) is 5.82 Å². The summed E-state index contributed by atoms with van der Waals surface area (Å²) in [5, 5.41) is 0. The van der Waals surface area contributed by atoms with Gasteiger partial charge in [-0.25, -0.2) is 9.37 Å². The second kappa shape index (κ2) is 8.39. The first-order valence-corrected chi connectivity index (χ1v) is 10.7. The van der Waals surface area contributed by atoms with Crippen LogP contribution in [0.1, 0.15) is 34.0 Å². The highest BCUT2D eigenvalue weighted by Crippen LogP contribution is 2.26. The first kappa shape index (κ1) is 20.7. The van der Waals surface area contributed by atoms with E-state index in [4.69, 9.17) is 4.42 Å². The molecule has 0 fully saturated rings. The van der Waals surface area contributed by atoms with E-state index in [1.54, 1.807) is 18.3 Å². The van der Waals surface area contributed by atoms with Crippen molar-refractivity contribution in [3.8, 4) is 17.1 Å². The molecule has 3 heterocycles. The molecular formula is C27H22FN3O2. The Balaban J connectivity index is 1.68. The van der Waals surface area contributed by atoms with Crippen molar-refractivity contribution in [3.05, 3.63) is 124 Å². The third kappa shape index (κ3) is 3.91. The maximum Gasteiger partial charge on any atom is 0.278 e. The molecule has 2 aromatic carbocycles. The molecule has 0 bridgehead atoms. The Labute approximate surface area is 190 Å². The van der Waals surface area contributed by atoms with Crippen LogP contribution < -0.4 is 5.56 Å². The highest BCUT2D eigenvalue weighted by molar-refractivity contribution is 5.61. The lowest BCUT2D eigenvalue weighted by atomic mass is 10.0. The Bertz CT molecular complexity index is 1480. The molecule has 0 saturated carbocycles. The average molecular weight is 439 g/mol. The number of fused-ring (bicyclic) bond motifs is 1. The number of hydrogen-bond acceptors (Lipinski definition) is 3. The minimum Gasteiger partial charge on any atom is -0.466 e. The van der Waals surface area contributed by atoms with Gasteiger partial charge in [0.25, 0.3) is 5.56 Å². The van der Waals surface area contributed by atoms with Crippen molar-refractivity contribution in [3.63, 3.8) is 0 Å². The van der Waals surface area contributed by atoms with Crippen LogP contribution in [0.4, 0.5) is 4.39 Å². The Morgan fingerprint density at radius 3 is 2.64 bits per heavy atom. The van der Waals surface area contributed by atoms with Gasteiger partial charge in [0.05, 0.1) is 17.8 Å². The van der Waals surface area contributed by atoms with Gasteiger partial charge in [-0.3, -0.25) is 9.36 Å². The SMILES string of the molecule is C=Cc1cccc(F)c1Cc1[nH]c(-c2ccccc2)cn2c(=O)c(Cc3ccc(C)o3)nc1-2. The molecule has 0 spiro atoms. The van der Waals surface area contributed by atoms with Crippen LogP contribution in [0.5, 0.6) is 0 Å². The maximum absolute atomic E-state index is 14.8. The van der Waals surface area contributed by atoms with Crippen LogP contribution in [0, 0.1) is 12.7 Å². The van der Waals surface area contributed by atoms with Crippen LogP contribution in [0.2, 0.25) is 0 Å². The molecule has 0 aliphatic carbocycles. The number of halogens is 1. The summed E-state index contributed by atoms with van der Waals surface area (Å²) in [6, 6.07) is 18.3. The van der Waals surface area contributed by atoms with Gasteiger partial charge in [0.1, 0.15) is 23.0 Å². The lowest BCUT2D eigenvalue weighted by Gasteiger charge is -2.15. The second-order valence-corrected chi connectivity index (χ2v) is 7.95. The van der Waals surface area contributed by atoms with E-state index in [1.165, 1.54) is 10.6 Å². The molecule has 5 rings (SSSR count). The van der Waals surface area contributed by atoms with E-state index in [0.29, 0.717) is 34.1 Å².